The van der Waals surface area contributed by atoms with Gasteiger partial charge in [-0.15, -0.1) is 0 Å². The lowest BCUT2D eigenvalue weighted by molar-refractivity contribution is -0.124. The summed E-state index contributed by atoms with van der Waals surface area (Å²) >= 11 is 1.21. The second-order valence-electron chi connectivity index (χ2n) is 8.29. The number of halogens is 1. The molecule has 1 unspecified atom stereocenters. The molecule has 3 aromatic rings. The van der Waals surface area contributed by atoms with E-state index in [-0.39, 0.29) is 28.1 Å². The van der Waals surface area contributed by atoms with Gasteiger partial charge in [0, 0.05) is 30.6 Å². The minimum Gasteiger partial charge on any atom is -0.354 e. The number of hydrazone groups is 1. The number of carbonyl (C=O) groups excluding carboxylic acids is 2. The van der Waals surface area contributed by atoms with Gasteiger partial charge in [-0.05, 0) is 31.2 Å². The zero-order valence-electron chi connectivity index (χ0n) is 19.0. The number of thioether (sulfide) groups is 1. The van der Waals surface area contributed by atoms with Crippen molar-refractivity contribution >= 4 is 39.7 Å². The zero-order chi connectivity index (χ0) is 23.7. The lowest BCUT2D eigenvalue weighted by atomic mass is 10.1. The minimum absolute atomic E-state index is 0.0561. The molecule has 0 bridgehead atoms. The van der Waals surface area contributed by atoms with Gasteiger partial charge in [0.15, 0.2) is 0 Å². The van der Waals surface area contributed by atoms with Crippen molar-refractivity contribution in [1.29, 1.82) is 0 Å². The summed E-state index contributed by atoms with van der Waals surface area (Å²) in [6.07, 6.45) is 0. The van der Waals surface area contributed by atoms with E-state index in [1.807, 2.05) is 56.7 Å². The van der Waals surface area contributed by atoms with E-state index in [4.69, 9.17) is 4.98 Å². The highest BCUT2D eigenvalue weighted by molar-refractivity contribution is 8.14. The molecule has 9 heteroatoms. The largest absolute Gasteiger partial charge is 0.354 e. The molecule has 1 atom stereocenters. The van der Waals surface area contributed by atoms with Crippen LogP contribution in [0.15, 0.2) is 47.6 Å². The molecular formula is C24H26FN5O2S. The number of hydrogen-bond donors (Lipinski definition) is 1. The molecule has 0 fully saturated rings. The first-order valence-corrected chi connectivity index (χ1v) is 11.7. The Kier molecular flexibility index (Phi) is 6.51. The Hall–Kier alpha value is -3.20. The number of hydrogen-bond acceptors (Lipinski definition) is 5. The number of rotatable bonds is 6. The van der Waals surface area contributed by atoms with E-state index in [0.29, 0.717) is 24.5 Å². The highest BCUT2D eigenvalue weighted by Gasteiger charge is 2.28. The number of amides is 2. The third-order valence-electron chi connectivity index (χ3n) is 5.51. The maximum Gasteiger partial charge on any atom is 0.302 e. The Morgan fingerprint density at radius 2 is 2.00 bits per heavy atom. The molecule has 7 nitrogen and oxygen atoms in total. The molecule has 0 spiro atoms. The summed E-state index contributed by atoms with van der Waals surface area (Å²) in [6.45, 7) is 6.23. The number of carbonyl (C=O) groups is 2. The maximum absolute atomic E-state index is 13.7. The fourth-order valence-electron chi connectivity index (χ4n) is 3.69. The van der Waals surface area contributed by atoms with Gasteiger partial charge in [0.25, 0.3) is 0 Å². The summed E-state index contributed by atoms with van der Waals surface area (Å²) in [5.74, 6) is 0.196. The Morgan fingerprint density at radius 1 is 1.21 bits per heavy atom. The number of fused-ring (bicyclic) bond motifs is 1. The first-order valence-electron chi connectivity index (χ1n) is 10.8. The molecule has 2 amide bonds. The Labute approximate surface area is 196 Å². The van der Waals surface area contributed by atoms with Gasteiger partial charge in [-0.25, -0.2) is 14.4 Å². The fraction of sp³-hybridized carbons (Fsp3) is 0.333. The van der Waals surface area contributed by atoms with Crippen LogP contribution in [0.4, 0.5) is 9.18 Å². The zero-order valence-corrected chi connectivity index (χ0v) is 19.8. The molecule has 172 valence electrons. The van der Waals surface area contributed by atoms with Gasteiger partial charge in [-0.3, -0.25) is 9.59 Å². The van der Waals surface area contributed by atoms with E-state index in [1.165, 1.54) is 28.9 Å². The molecule has 1 aromatic heterocycles. The van der Waals surface area contributed by atoms with Gasteiger partial charge < -0.3 is 9.88 Å². The SMILES string of the molecule is CC(C)C(=O)NCCN1N=C(c2ccc3c(c2)nc(-c2cccc(F)c2)n3C)C(C)SC1=O. The van der Waals surface area contributed by atoms with Gasteiger partial charge in [0.05, 0.1) is 28.5 Å². The minimum atomic E-state index is -0.308. The lowest BCUT2D eigenvalue weighted by Crippen LogP contribution is -2.39. The molecule has 0 radical (unpaired) electrons. The average molecular weight is 468 g/mol. The first-order chi connectivity index (χ1) is 15.7. The van der Waals surface area contributed by atoms with Crippen LogP contribution in [0, 0.1) is 11.7 Å². The molecule has 2 heterocycles. The highest BCUT2D eigenvalue weighted by Crippen LogP contribution is 2.29. The van der Waals surface area contributed by atoms with Crippen molar-refractivity contribution in [2.75, 3.05) is 13.1 Å². The van der Waals surface area contributed by atoms with Crippen molar-refractivity contribution in [1.82, 2.24) is 19.9 Å². The first kappa shape index (κ1) is 23.0. The monoisotopic (exact) mass is 467 g/mol. The molecule has 33 heavy (non-hydrogen) atoms. The summed E-state index contributed by atoms with van der Waals surface area (Å²) in [7, 11) is 1.90. The van der Waals surface area contributed by atoms with Crippen molar-refractivity contribution in [3.63, 3.8) is 0 Å². The van der Waals surface area contributed by atoms with Crippen molar-refractivity contribution < 1.29 is 14.0 Å². The van der Waals surface area contributed by atoms with E-state index in [9.17, 15) is 14.0 Å². The second kappa shape index (κ2) is 9.35. The lowest BCUT2D eigenvalue weighted by Gasteiger charge is -2.27. The number of aromatic nitrogens is 2. The van der Waals surface area contributed by atoms with Crippen molar-refractivity contribution in [3.8, 4) is 11.4 Å². The van der Waals surface area contributed by atoms with E-state index < -0.39 is 0 Å². The van der Waals surface area contributed by atoms with Crippen LogP contribution in [0.2, 0.25) is 0 Å². The average Bonchev–Trinajstić information content (AvgIpc) is 3.11. The number of aryl methyl sites for hydroxylation is 1. The molecule has 1 N–H and O–H groups in total. The Bertz CT molecular complexity index is 1250. The summed E-state index contributed by atoms with van der Waals surface area (Å²) < 4.78 is 15.7. The summed E-state index contributed by atoms with van der Waals surface area (Å²) in [5.41, 5.74) is 4.03. The van der Waals surface area contributed by atoms with Crippen LogP contribution < -0.4 is 5.32 Å². The molecule has 1 aliphatic rings. The Morgan fingerprint density at radius 3 is 2.73 bits per heavy atom. The maximum atomic E-state index is 13.7. The van der Waals surface area contributed by atoms with Gasteiger partial charge in [-0.2, -0.15) is 5.10 Å². The highest BCUT2D eigenvalue weighted by atomic mass is 32.2. The molecule has 0 saturated carbocycles. The third-order valence-corrected chi connectivity index (χ3v) is 6.50. The van der Waals surface area contributed by atoms with Crippen molar-refractivity contribution in [2.45, 2.75) is 26.0 Å². The van der Waals surface area contributed by atoms with E-state index in [2.05, 4.69) is 10.4 Å². The number of nitrogens with one attached hydrogen (secondary N) is 1. The Balaban J connectivity index is 1.62. The van der Waals surface area contributed by atoms with Crippen molar-refractivity contribution in [3.05, 3.63) is 53.8 Å². The van der Waals surface area contributed by atoms with Crippen LogP contribution in [-0.4, -0.2) is 49.8 Å². The van der Waals surface area contributed by atoms with Crippen LogP contribution >= 0.6 is 11.8 Å². The van der Waals surface area contributed by atoms with Crippen LogP contribution in [0.25, 0.3) is 22.4 Å². The van der Waals surface area contributed by atoms with E-state index >= 15 is 0 Å². The molecular weight excluding hydrogens is 441 g/mol. The molecule has 2 aromatic carbocycles. The summed E-state index contributed by atoms with van der Waals surface area (Å²) in [6, 6.07) is 12.2. The van der Waals surface area contributed by atoms with Crippen LogP contribution in [0.1, 0.15) is 26.3 Å². The smallest absolute Gasteiger partial charge is 0.302 e. The number of imidazole rings is 1. The van der Waals surface area contributed by atoms with Gasteiger partial charge in [-0.1, -0.05) is 43.8 Å². The fourth-order valence-corrected chi connectivity index (χ4v) is 4.54. The van der Waals surface area contributed by atoms with Gasteiger partial charge >= 0.3 is 5.24 Å². The standard InChI is InChI=1S/C24H26FN5O2S/c1-14(2)23(31)26-10-11-30-24(32)33-15(3)21(28-30)16-8-9-20-19(13-16)27-22(29(20)4)17-6-5-7-18(25)12-17/h5-9,12-15H,10-11H2,1-4H3,(H,26,31). The number of benzene rings is 2. The topological polar surface area (TPSA) is 79.6 Å². The van der Waals surface area contributed by atoms with Crippen molar-refractivity contribution in [2.24, 2.45) is 18.1 Å². The second-order valence-corrected chi connectivity index (χ2v) is 9.58. The normalized spacial score (nSPS) is 16.4. The van der Waals surface area contributed by atoms with E-state index in [0.717, 1.165) is 22.3 Å². The predicted octanol–water partition coefficient (Wildman–Crippen LogP) is 4.41. The van der Waals surface area contributed by atoms with E-state index in [1.54, 1.807) is 6.07 Å². The number of nitrogens with zero attached hydrogens (tertiary/aromatic N) is 4. The molecule has 0 saturated heterocycles. The molecule has 4 rings (SSSR count). The summed E-state index contributed by atoms with van der Waals surface area (Å²) in [5, 5.41) is 8.56. The molecule has 0 aliphatic carbocycles. The van der Waals surface area contributed by atoms with Crippen LogP contribution in [0.5, 0.6) is 0 Å². The van der Waals surface area contributed by atoms with Gasteiger partial charge in [0.2, 0.25) is 5.91 Å². The van der Waals surface area contributed by atoms with Crippen LogP contribution in [0.3, 0.4) is 0 Å². The summed E-state index contributed by atoms with van der Waals surface area (Å²) in [4.78, 5) is 29.0. The predicted molar refractivity (Wildman–Crippen MR) is 130 cm³/mol. The molecule has 1 aliphatic heterocycles. The quantitative estimate of drug-likeness (QED) is 0.582. The van der Waals surface area contributed by atoms with Gasteiger partial charge in [0.1, 0.15) is 11.6 Å². The van der Waals surface area contributed by atoms with Crippen LogP contribution in [-0.2, 0) is 11.8 Å². The third kappa shape index (κ3) is 4.78.